The van der Waals surface area contributed by atoms with Crippen molar-refractivity contribution in [3.63, 3.8) is 0 Å². The average Bonchev–Trinajstić information content (AvgIpc) is 2.89. The second kappa shape index (κ2) is 12.0. The van der Waals surface area contributed by atoms with Gasteiger partial charge in [0, 0.05) is 18.3 Å². The van der Waals surface area contributed by atoms with Gasteiger partial charge in [-0.2, -0.15) is 0 Å². The maximum Gasteiger partial charge on any atom is 0.303 e. The second-order valence-corrected chi connectivity index (χ2v) is 6.74. The van der Waals surface area contributed by atoms with E-state index in [2.05, 4.69) is 6.92 Å². The van der Waals surface area contributed by atoms with Gasteiger partial charge in [0.1, 0.15) is 0 Å². The number of hydrogen-bond donors (Lipinski definition) is 2. The van der Waals surface area contributed by atoms with E-state index in [9.17, 15) is 14.7 Å². The summed E-state index contributed by atoms with van der Waals surface area (Å²) in [5, 5.41) is 18.6. The van der Waals surface area contributed by atoms with Crippen molar-refractivity contribution in [2.45, 2.75) is 77.2 Å². The summed E-state index contributed by atoms with van der Waals surface area (Å²) >= 11 is 0. The summed E-state index contributed by atoms with van der Waals surface area (Å²) in [6.45, 7) is 2.14. The minimum absolute atomic E-state index is 0.0106. The number of aliphatic carboxylic acids is 1. The lowest BCUT2D eigenvalue weighted by Crippen LogP contribution is -2.15. The topological polar surface area (TPSA) is 74.6 Å². The van der Waals surface area contributed by atoms with Crippen molar-refractivity contribution in [2.24, 2.45) is 11.8 Å². The molecule has 4 heteroatoms. The van der Waals surface area contributed by atoms with Crippen LogP contribution in [0.15, 0.2) is 24.3 Å². The van der Waals surface area contributed by atoms with Crippen LogP contribution in [0.4, 0.5) is 0 Å². The third kappa shape index (κ3) is 8.44. The lowest BCUT2D eigenvalue weighted by Gasteiger charge is -2.15. The number of aliphatic hydroxyl groups is 1. The number of unbranched alkanes of at least 4 members (excludes halogenated alkanes) is 5. The number of hydrogen-bond acceptors (Lipinski definition) is 3. The first-order chi connectivity index (χ1) is 11.5. The van der Waals surface area contributed by atoms with E-state index in [0.717, 1.165) is 51.4 Å². The molecule has 136 valence electrons. The fraction of sp³-hybridized carbons (Fsp3) is 0.700. The Morgan fingerprint density at radius 3 is 2.67 bits per heavy atom. The molecule has 0 saturated carbocycles. The average molecular weight is 336 g/mol. The molecule has 0 unspecified atom stereocenters. The van der Waals surface area contributed by atoms with E-state index in [1.807, 2.05) is 18.2 Å². The molecule has 3 atom stereocenters. The maximum absolute atomic E-state index is 12.0. The number of aliphatic hydroxyl groups excluding tert-OH is 1. The Kier molecular flexibility index (Phi) is 10.3. The van der Waals surface area contributed by atoms with Crippen LogP contribution in [-0.2, 0) is 9.59 Å². The highest BCUT2D eigenvalue weighted by Gasteiger charge is 2.27. The fourth-order valence-corrected chi connectivity index (χ4v) is 3.14. The quantitative estimate of drug-likeness (QED) is 0.389. The van der Waals surface area contributed by atoms with Crippen LogP contribution >= 0.6 is 0 Å². The monoisotopic (exact) mass is 336 g/mol. The molecule has 1 aliphatic carbocycles. The minimum Gasteiger partial charge on any atom is -0.481 e. The molecule has 0 heterocycles. The predicted octanol–water partition coefficient (Wildman–Crippen LogP) is 4.28. The van der Waals surface area contributed by atoms with Crippen LogP contribution in [-0.4, -0.2) is 28.1 Å². The van der Waals surface area contributed by atoms with Gasteiger partial charge in [0.05, 0.1) is 6.10 Å². The van der Waals surface area contributed by atoms with Crippen molar-refractivity contribution < 1.29 is 19.8 Å². The SMILES string of the molecule is CCCCC[C@H](O)/C=C/[C@@H]1C=CC(=O)[C@@H]1CCCCCCC(=O)O. The Bertz CT molecular complexity index is 439. The van der Waals surface area contributed by atoms with Crippen molar-refractivity contribution in [1.29, 1.82) is 0 Å². The number of ketones is 1. The van der Waals surface area contributed by atoms with Crippen molar-refractivity contribution >= 4 is 11.8 Å². The van der Waals surface area contributed by atoms with Crippen molar-refractivity contribution in [2.75, 3.05) is 0 Å². The minimum atomic E-state index is -0.743. The molecule has 0 fully saturated rings. The largest absolute Gasteiger partial charge is 0.481 e. The van der Waals surface area contributed by atoms with E-state index in [1.165, 1.54) is 0 Å². The molecule has 1 rings (SSSR count). The molecule has 0 aromatic carbocycles. The summed E-state index contributed by atoms with van der Waals surface area (Å²) in [6, 6.07) is 0. The van der Waals surface area contributed by atoms with Gasteiger partial charge in [0.25, 0.3) is 0 Å². The Morgan fingerprint density at radius 1 is 1.21 bits per heavy atom. The number of carboxylic acid groups (broad SMARTS) is 1. The van der Waals surface area contributed by atoms with Crippen LogP contribution in [0.1, 0.15) is 71.1 Å². The molecule has 4 nitrogen and oxygen atoms in total. The zero-order valence-electron chi connectivity index (χ0n) is 14.8. The number of allylic oxidation sites excluding steroid dienone is 3. The highest BCUT2D eigenvalue weighted by Crippen LogP contribution is 2.29. The highest BCUT2D eigenvalue weighted by atomic mass is 16.4. The first kappa shape index (κ1) is 20.6. The van der Waals surface area contributed by atoms with Gasteiger partial charge < -0.3 is 10.2 Å². The third-order valence-corrected chi connectivity index (χ3v) is 4.63. The number of carbonyl (C=O) groups is 2. The van der Waals surface area contributed by atoms with Gasteiger partial charge in [-0.3, -0.25) is 9.59 Å². The van der Waals surface area contributed by atoms with Gasteiger partial charge in [-0.25, -0.2) is 0 Å². The van der Waals surface area contributed by atoms with Crippen LogP contribution in [0.5, 0.6) is 0 Å². The summed E-state index contributed by atoms with van der Waals surface area (Å²) in [7, 11) is 0. The molecule has 0 aromatic heterocycles. The molecule has 0 aliphatic heterocycles. The molecule has 1 aliphatic rings. The Labute approximate surface area is 145 Å². The first-order valence-electron chi connectivity index (χ1n) is 9.34. The highest BCUT2D eigenvalue weighted by molar-refractivity contribution is 5.94. The van der Waals surface area contributed by atoms with Crippen LogP contribution in [0.2, 0.25) is 0 Å². The Balaban J connectivity index is 2.29. The molecule has 0 bridgehead atoms. The summed E-state index contributed by atoms with van der Waals surface area (Å²) in [5.41, 5.74) is 0. The predicted molar refractivity (Wildman–Crippen MR) is 95.8 cm³/mol. The van der Waals surface area contributed by atoms with E-state index in [4.69, 9.17) is 5.11 Å². The van der Waals surface area contributed by atoms with E-state index >= 15 is 0 Å². The van der Waals surface area contributed by atoms with E-state index in [-0.39, 0.29) is 24.0 Å². The molecule has 0 aromatic rings. The van der Waals surface area contributed by atoms with E-state index in [0.29, 0.717) is 6.42 Å². The molecular formula is C20H32O4. The molecule has 0 saturated heterocycles. The zero-order chi connectivity index (χ0) is 17.8. The van der Waals surface area contributed by atoms with Crippen molar-refractivity contribution in [3.05, 3.63) is 24.3 Å². The van der Waals surface area contributed by atoms with Crippen LogP contribution in [0, 0.1) is 11.8 Å². The lowest BCUT2D eigenvalue weighted by atomic mass is 9.88. The van der Waals surface area contributed by atoms with Crippen LogP contribution in [0.25, 0.3) is 0 Å². The fourth-order valence-electron chi connectivity index (χ4n) is 3.14. The van der Waals surface area contributed by atoms with Gasteiger partial charge in [-0.1, -0.05) is 63.7 Å². The molecule has 0 spiro atoms. The summed E-state index contributed by atoms with van der Waals surface area (Å²) in [6.07, 6.45) is 15.7. The van der Waals surface area contributed by atoms with E-state index in [1.54, 1.807) is 6.08 Å². The second-order valence-electron chi connectivity index (χ2n) is 6.74. The summed E-state index contributed by atoms with van der Waals surface area (Å²) in [5.74, 6) is -0.482. The third-order valence-electron chi connectivity index (χ3n) is 4.63. The summed E-state index contributed by atoms with van der Waals surface area (Å²) in [4.78, 5) is 22.4. The van der Waals surface area contributed by atoms with Crippen LogP contribution in [0.3, 0.4) is 0 Å². The normalized spacial score (nSPS) is 21.7. The number of carboxylic acids is 1. The summed E-state index contributed by atoms with van der Waals surface area (Å²) < 4.78 is 0. The number of carbonyl (C=O) groups excluding carboxylic acids is 1. The number of rotatable bonds is 13. The maximum atomic E-state index is 12.0. The van der Waals surface area contributed by atoms with Crippen molar-refractivity contribution in [1.82, 2.24) is 0 Å². The molecule has 2 N–H and O–H groups in total. The zero-order valence-corrected chi connectivity index (χ0v) is 14.8. The Morgan fingerprint density at radius 2 is 1.96 bits per heavy atom. The van der Waals surface area contributed by atoms with E-state index < -0.39 is 12.1 Å². The molecule has 24 heavy (non-hydrogen) atoms. The van der Waals surface area contributed by atoms with Gasteiger partial charge >= 0.3 is 5.97 Å². The smallest absolute Gasteiger partial charge is 0.303 e. The lowest BCUT2D eigenvalue weighted by molar-refractivity contribution is -0.137. The van der Waals surface area contributed by atoms with Gasteiger partial charge in [-0.05, 0) is 25.3 Å². The Hall–Kier alpha value is -1.42. The van der Waals surface area contributed by atoms with Crippen LogP contribution < -0.4 is 0 Å². The first-order valence-corrected chi connectivity index (χ1v) is 9.34. The van der Waals surface area contributed by atoms with Gasteiger partial charge in [0.2, 0.25) is 0 Å². The van der Waals surface area contributed by atoms with Crippen molar-refractivity contribution in [3.8, 4) is 0 Å². The molecular weight excluding hydrogens is 304 g/mol. The molecule has 0 radical (unpaired) electrons. The molecule has 0 amide bonds. The van der Waals surface area contributed by atoms with Gasteiger partial charge in [-0.15, -0.1) is 0 Å². The van der Waals surface area contributed by atoms with Gasteiger partial charge in [0.15, 0.2) is 5.78 Å². The standard InChI is InChI=1S/C20H32O4/c1-2-3-6-9-17(21)14-12-16-13-15-19(22)18(16)10-7-4-5-8-11-20(23)24/h12-18,21H,2-11H2,1H3,(H,23,24)/b14-12+/t16-,17+,18-/m1/s1.